The molecule has 1 saturated heterocycles. The zero-order valence-corrected chi connectivity index (χ0v) is 12.5. The molecule has 0 unspecified atom stereocenters. The van der Waals surface area contributed by atoms with Gasteiger partial charge in [-0.2, -0.15) is 5.26 Å². The Labute approximate surface area is 128 Å². The van der Waals surface area contributed by atoms with Crippen molar-refractivity contribution in [2.75, 3.05) is 23.9 Å². The number of nitrogens with zero attached hydrogens (tertiary/aromatic N) is 3. The number of hydrogen-bond donors (Lipinski definition) is 0. The Morgan fingerprint density at radius 2 is 2.29 bits per heavy atom. The van der Waals surface area contributed by atoms with Crippen LogP contribution in [-0.4, -0.2) is 36.2 Å². The molecule has 2 aromatic rings. The maximum absolute atomic E-state index is 9.22. The molecule has 21 heavy (non-hydrogen) atoms. The second-order valence-corrected chi connectivity index (χ2v) is 5.58. The number of halogens is 1. The van der Waals surface area contributed by atoms with Crippen molar-refractivity contribution in [3.63, 3.8) is 0 Å². The van der Waals surface area contributed by atoms with Gasteiger partial charge in [-0.05, 0) is 31.2 Å². The van der Waals surface area contributed by atoms with Crippen LogP contribution < -0.4 is 4.90 Å². The number of benzene rings is 1. The third-order valence-corrected chi connectivity index (χ3v) is 4.05. The Kier molecular flexibility index (Phi) is 3.96. The highest BCUT2D eigenvalue weighted by Gasteiger charge is 2.26. The number of aromatic nitrogens is 1. The van der Waals surface area contributed by atoms with Crippen LogP contribution in [0.5, 0.6) is 0 Å². The molecule has 1 aromatic carbocycles. The van der Waals surface area contributed by atoms with E-state index >= 15 is 0 Å². The van der Waals surface area contributed by atoms with Crippen molar-refractivity contribution >= 4 is 28.2 Å². The van der Waals surface area contributed by atoms with Gasteiger partial charge < -0.3 is 9.64 Å². The van der Waals surface area contributed by atoms with E-state index < -0.39 is 0 Å². The minimum atomic E-state index is 0.0257. The monoisotopic (exact) mass is 301 g/mol. The predicted octanol–water partition coefficient (Wildman–Crippen LogP) is 2.94. The molecular weight excluding hydrogens is 286 g/mol. The van der Waals surface area contributed by atoms with E-state index in [1.54, 1.807) is 6.20 Å². The minimum Gasteiger partial charge on any atom is -0.370 e. The second kappa shape index (κ2) is 5.88. The molecule has 1 aliphatic rings. The summed E-state index contributed by atoms with van der Waals surface area (Å²) in [6, 6.07) is 9.93. The van der Waals surface area contributed by atoms with E-state index in [4.69, 9.17) is 16.3 Å². The Morgan fingerprint density at radius 3 is 3.05 bits per heavy atom. The molecule has 108 valence electrons. The van der Waals surface area contributed by atoms with E-state index in [2.05, 4.69) is 22.9 Å². The van der Waals surface area contributed by atoms with Gasteiger partial charge in [-0.3, -0.25) is 4.98 Å². The number of alkyl halides is 1. The third kappa shape index (κ3) is 2.67. The van der Waals surface area contributed by atoms with E-state index in [-0.39, 0.29) is 12.2 Å². The van der Waals surface area contributed by atoms with Crippen molar-refractivity contribution in [1.82, 2.24) is 4.98 Å². The van der Waals surface area contributed by atoms with Gasteiger partial charge in [-0.1, -0.05) is 0 Å². The molecule has 0 amide bonds. The summed E-state index contributed by atoms with van der Waals surface area (Å²) in [6.07, 6.45) is 1.87. The van der Waals surface area contributed by atoms with Gasteiger partial charge in [-0.25, -0.2) is 0 Å². The number of anilines is 1. The van der Waals surface area contributed by atoms with Crippen molar-refractivity contribution in [2.24, 2.45) is 0 Å². The summed E-state index contributed by atoms with van der Waals surface area (Å²) in [4.78, 5) is 6.63. The van der Waals surface area contributed by atoms with Crippen LogP contribution in [0.15, 0.2) is 30.5 Å². The molecule has 0 radical (unpaired) electrons. The Balaban J connectivity index is 2.07. The molecule has 1 aliphatic heterocycles. The van der Waals surface area contributed by atoms with Gasteiger partial charge in [0.15, 0.2) is 0 Å². The van der Waals surface area contributed by atoms with Gasteiger partial charge in [0.1, 0.15) is 6.07 Å². The standard InChI is InChI=1S/C16H16ClN3O/c1-11-9-20(10-13(7-17)21-11)15-5-4-12(8-18)16-14(15)3-2-6-19-16/h2-6,11,13H,7,9-10H2,1H3/t11-,13+/m0/s1. The van der Waals surface area contributed by atoms with Crippen LogP contribution in [0.4, 0.5) is 5.69 Å². The molecular formula is C16H16ClN3O. The number of pyridine rings is 1. The maximum Gasteiger partial charge on any atom is 0.101 e. The zero-order valence-electron chi connectivity index (χ0n) is 11.8. The summed E-state index contributed by atoms with van der Waals surface area (Å²) < 4.78 is 5.80. The molecule has 0 N–H and O–H groups in total. The van der Waals surface area contributed by atoms with Crippen molar-refractivity contribution in [2.45, 2.75) is 19.1 Å². The van der Waals surface area contributed by atoms with E-state index in [9.17, 15) is 5.26 Å². The highest BCUT2D eigenvalue weighted by Crippen LogP contribution is 2.30. The highest BCUT2D eigenvalue weighted by molar-refractivity contribution is 6.18. The Morgan fingerprint density at radius 1 is 1.43 bits per heavy atom. The van der Waals surface area contributed by atoms with Crippen molar-refractivity contribution < 1.29 is 4.74 Å². The molecule has 0 spiro atoms. The molecule has 2 atom stereocenters. The van der Waals surface area contributed by atoms with Crippen LogP contribution in [0, 0.1) is 11.3 Å². The number of morpholine rings is 1. The third-order valence-electron chi connectivity index (χ3n) is 3.71. The lowest BCUT2D eigenvalue weighted by atomic mass is 10.1. The lowest BCUT2D eigenvalue weighted by molar-refractivity contribution is -0.00324. The molecule has 0 aliphatic carbocycles. The van der Waals surface area contributed by atoms with Crippen LogP contribution in [0.1, 0.15) is 12.5 Å². The molecule has 2 heterocycles. The summed E-state index contributed by atoms with van der Waals surface area (Å²) in [7, 11) is 0. The predicted molar refractivity (Wildman–Crippen MR) is 83.7 cm³/mol. The fraction of sp³-hybridized carbons (Fsp3) is 0.375. The van der Waals surface area contributed by atoms with Gasteiger partial charge in [0.2, 0.25) is 0 Å². The first-order valence-corrected chi connectivity index (χ1v) is 7.50. The van der Waals surface area contributed by atoms with Crippen LogP contribution in [0.2, 0.25) is 0 Å². The van der Waals surface area contributed by atoms with Gasteiger partial charge in [0.05, 0.1) is 29.2 Å². The first kappa shape index (κ1) is 14.1. The smallest absolute Gasteiger partial charge is 0.101 e. The first-order valence-electron chi connectivity index (χ1n) is 6.97. The van der Waals surface area contributed by atoms with E-state index in [1.807, 2.05) is 24.3 Å². The van der Waals surface area contributed by atoms with E-state index in [1.165, 1.54) is 0 Å². The normalized spacial score (nSPS) is 22.2. The molecule has 4 nitrogen and oxygen atoms in total. The summed E-state index contributed by atoms with van der Waals surface area (Å²) in [5.41, 5.74) is 2.44. The second-order valence-electron chi connectivity index (χ2n) is 5.27. The fourth-order valence-corrected chi connectivity index (χ4v) is 3.02. The summed E-state index contributed by atoms with van der Waals surface area (Å²) >= 11 is 5.96. The van der Waals surface area contributed by atoms with Gasteiger partial charge >= 0.3 is 0 Å². The van der Waals surface area contributed by atoms with Crippen molar-refractivity contribution in [3.05, 3.63) is 36.0 Å². The summed E-state index contributed by atoms with van der Waals surface area (Å²) in [5, 5.41) is 10.2. The topological polar surface area (TPSA) is 49.2 Å². The summed E-state index contributed by atoms with van der Waals surface area (Å²) in [5.74, 6) is 0.479. The quantitative estimate of drug-likeness (QED) is 0.800. The number of hydrogen-bond acceptors (Lipinski definition) is 4. The fourth-order valence-electron chi connectivity index (χ4n) is 2.85. The Hall–Kier alpha value is -1.83. The van der Waals surface area contributed by atoms with Gasteiger partial charge in [-0.15, -0.1) is 11.6 Å². The van der Waals surface area contributed by atoms with Crippen LogP contribution >= 0.6 is 11.6 Å². The van der Waals surface area contributed by atoms with E-state index in [0.717, 1.165) is 29.7 Å². The van der Waals surface area contributed by atoms with Gasteiger partial charge in [0, 0.05) is 30.4 Å². The molecule has 1 fully saturated rings. The largest absolute Gasteiger partial charge is 0.370 e. The lowest BCUT2D eigenvalue weighted by Crippen LogP contribution is -2.47. The van der Waals surface area contributed by atoms with E-state index in [0.29, 0.717) is 11.4 Å². The Bertz CT molecular complexity index is 697. The average Bonchev–Trinajstić information content (AvgIpc) is 2.53. The van der Waals surface area contributed by atoms with Gasteiger partial charge in [0.25, 0.3) is 0 Å². The molecule has 5 heteroatoms. The molecule has 1 aromatic heterocycles. The van der Waals surface area contributed by atoms with Crippen LogP contribution in [0.25, 0.3) is 10.9 Å². The molecule has 0 bridgehead atoms. The SMILES string of the molecule is C[C@H]1CN(c2ccc(C#N)c3ncccc23)C[C@@H](CCl)O1. The van der Waals surface area contributed by atoms with Crippen molar-refractivity contribution in [3.8, 4) is 6.07 Å². The molecule has 0 saturated carbocycles. The number of ether oxygens (including phenoxy) is 1. The average molecular weight is 302 g/mol. The maximum atomic E-state index is 9.22. The number of rotatable bonds is 2. The van der Waals surface area contributed by atoms with Crippen molar-refractivity contribution in [1.29, 1.82) is 5.26 Å². The minimum absolute atomic E-state index is 0.0257. The number of nitriles is 1. The molecule has 3 rings (SSSR count). The number of fused-ring (bicyclic) bond motifs is 1. The van der Waals surface area contributed by atoms with Crippen LogP contribution in [0.3, 0.4) is 0 Å². The first-order chi connectivity index (χ1) is 10.2. The zero-order chi connectivity index (χ0) is 14.8. The lowest BCUT2D eigenvalue weighted by Gasteiger charge is -2.38. The highest BCUT2D eigenvalue weighted by atomic mass is 35.5. The van der Waals surface area contributed by atoms with Crippen LogP contribution in [-0.2, 0) is 4.74 Å². The summed E-state index contributed by atoms with van der Waals surface area (Å²) in [6.45, 7) is 3.61.